The van der Waals surface area contributed by atoms with E-state index in [1.54, 1.807) is 0 Å². The highest BCUT2D eigenvalue weighted by atomic mass is 31.2. The summed E-state index contributed by atoms with van der Waals surface area (Å²) in [5.74, 6) is -1.98. The van der Waals surface area contributed by atoms with Crippen molar-refractivity contribution >= 4 is 25.5 Å². The summed E-state index contributed by atoms with van der Waals surface area (Å²) in [5.41, 5.74) is 6.50. The maximum absolute atomic E-state index is 13.8. The van der Waals surface area contributed by atoms with Crippen molar-refractivity contribution in [2.75, 3.05) is 26.2 Å². The van der Waals surface area contributed by atoms with Crippen LogP contribution in [0.3, 0.4) is 0 Å². The van der Waals surface area contributed by atoms with E-state index in [9.17, 15) is 33.8 Å². The summed E-state index contributed by atoms with van der Waals surface area (Å²) in [7, 11) is -4.82. The number of rotatable bonds is 12. The summed E-state index contributed by atoms with van der Waals surface area (Å²) in [6.45, 7) is 0.950. The Bertz CT molecular complexity index is 957. The first-order chi connectivity index (χ1) is 17.1. The number of benzene rings is 1. The van der Waals surface area contributed by atoms with Gasteiger partial charge in [0.15, 0.2) is 0 Å². The maximum atomic E-state index is 13.8. The van der Waals surface area contributed by atoms with Gasteiger partial charge in [-0.25, -0.2) is 9.36 Å². The van der Waals surface area contributed by atoms with Gasteiger partial charge in [-0.1, -0.05) is 36.8 Å². The Morgan fingerprint density at radius 2 is 1.67 bits per heavy atom. The highest BCUT2D eigenvalue weighted by Gasteiger charge is 2.45. The van der Waals surface area contributed by atoms with Crippen molar-refractivity contribution in [1.82, 2.24) is 14.5 Å². The number of hydrogen-bond acceptors (Lipinski definition) is 5. The molecule has 2 fully saturated rings. The molecule has 0 unspecified atom stereocenters. The molecule has 5 N–H and O–H groups in total. The Morgan fingerprint density at radius 3 is 2.28 bits per heavy atom. The topological polar surface area (TPSA) is 165 Å². The third-order valence-corrected chi connectivity index (χ3v) is 8.17. The van der Waals surface area contributed by atoms with Crippen LogP contribution in [0.25, 0.3) is 0 Å². The van der Waals surface area contributed by atoms with Gasteiger partial charge < -0.3 is 30.4 Å². The number of unbranched alkanes of at least 4 members (excludes halogenated alkanes) is 1. The summed E-state index contributed by atoms with van der Waals surface area (Å²) in [5, 5.41) is 9.50. The molecule has 2 saturated heterocycles. The van der Waals surface area contributed by atoms with E-state index in [1.807, 2.05) is 30.3 Å². The normalized spacial score (nSPS) is 21.2. The lowest BCUT2D eigenvalue weighted by atomic mass is 10.1. The number of nitrogens with zero attached hydrogens (tertiary/aromatic N) is 3. The Balaban J connectivity index is 1.83. The van der Waals surface area contributed by atoms with Crippen LogP contribution in [-0.2, 0) is 25.4 Å². The van der Waals surface area contributed by atoms with E-state index < -0.39 is 43.7 Å². The zero-order chi connectivity index (χ0) is 26.3. The van der Waals surface area contributed by atoms with Crippen LogP contribution < -0.4 is 5.73 Å². The molecule has 2 aliphatic rings. The highest BCUT2D eigenvalue weighted by Crippen LogP contribution is 2.43. The number of carbonyl (C=O) groups excluding carboxylic acids is 2. The molecule has 2 aliphatic heterocycles. The fourth-order valence-corrected chi connectivity index (χ4v) is 6.13. The molecule has 0 radical (unpaired) electrons. The lowest BCUT2D eigenvalue weighted by molar-refractivity contribution is -0.152. The lowest BCUT2D eigenvalue weighted by Gasteiger charge is -2.36. The van der Waals surface area contributed by atoms with E-state index in [1.165, 1.54) is 9.80 Å². The quantitative estimate of drug-likeness (QED) is 0.232. The average Bonchev–Trinajstić information content (AvgIpc) is 3.52. The summed E-state index contributed by atoms with van der Waals surface area (Å²) >= 11 is 0. The number of carbonyl (C=O) groups is 3. The Kier molecular flexibility index (Phi) is 10.0. The monoisotopic (exact) mass is 524 g/mol. The SMILES string of the molecule is NCCCC[C@@H](C(=O)N1CCC[C@H]1C(=O)N1CCC[C@H]1C(=O)O)N(CCc1ccccc1)P(=O)(O)O. The number of hydrogen-bond donors (Lipinski definition) is 4. The van der Waals surface area contributed by atoms with Gasteiger partial charge in [0.25, 0.3) is 0 Å². The summed E-state index contributed by atoms with van der Waals surface area (Å²) in [4.78, 5) is 61.9. The van der Waals surface area contributed by atoms with Gasteiger partial charge >= 0.3 is 13.7 Å². The van der Waals surface area contributed by atoms with Gasteiger partial charge in [-0.05, 0) is 57.1 Å². The molecule has 0 saturated carbocycles. The largest absolute Gasteiger partial charge is 0.480 e. The molecular weight excluding hydrogens is 487 g/mol. The molecule has 3 rings (SSSR count). The van der Waals surface area contributed by atoms with E-state index in [0.29, 0.717) is 58.0 Å². The van der Waals surface area contributed by atoms with E-state index in [0.717, 1.165) is 10.2 Å². The van der Waals surface area contributed by atoms with Gasteiger partial charge in [-0.15, -0.1) is 0 Å². The third kappa shape index (κ3) is 6.92. The number of aliphatic carboxylic acids is 1. The first kappa shape index (κ1) is 28.3. The smallest absolute Gasteiger partial charge is 0.403 e. The van der Waals surface area contributed by atoms with Crippen LogP contribution in [0.1, 0.15) is 50.5 Å². The van der Waals surface area contributed by atoms with Gasteiger partial charge in [-0.2, -0.15) is 4.67 Å². The van der Waals surface area contributed by atoms with Crippen molar-refractivity contribution in [2.45, 2.75) is 69.5 Å². The van der Waals surface area contributed by atoms with Gasteiger partial charge in [0.2, 0.25) is 11.8 Å². The van der Waals surface area contributed by atoms with Crippen LogP contribution in [0, 0.1) is 0 Å². The molecule has 1 aromatic carbocycles. The molecular formula is C24H37N4O7P. The Hall–Kier alpha value is -2.30. The second kappa shape index (κ2) is 12.8. The van der Waals surface area contributed by atoms with Crippen molar-refractivity contribution in [3.63, 3.8) is 0 Å². The van der Waals surface area contributed by atoms with Crippen LogP contribution in [0.4, 0.5) is 0 Å². The molecule has 36 heavy (non-hydrogen) atoms. The molecule has 12 heteroatoms. The molecule has 2 heterocycles. The molecule has 0 aromatic heterocycles. The fourth-order valence-electron chi connectivity index (χ4n) is 5.20. The lowest BCUT2D eigenvalue weighted by Crippen LogP contribution is -2.55. The van der Waals surface area contributed by atoms with Gasteiger partial charge in [0.05, 0.1) is 6.04 Å². The van der Waals surface area contributed by atoms with E-state index in [4.69, 9.17) is 5.73 Å². The predicted octanol–water partition coefficient (Wildman–Crippen LogP) is 1.19. The molecule has 11 nitrogen and oxygen atoms in total. The molecule has 0 aliphatic carbocycles. The molecule has 2 amide bonds. The molecule has 200 valence electrons. The van der Waals surface area contributed by atoms with Gasteiger partial charge in [-0.3, -0.25) is 9.59 Å². The van der Waals surface area contributed by atoms with Crippen LogP contribution in [-0.4, -0.2) is 91.5 Å². The van der Waals surface area contributed by atoms with Crippen molar-refractivity contribution in [2.24, 2.45) is 5.73 Å². The Morgan fingerprint density at radius 1 is 1.03 bits per heavy atom. The summed E-state index contributed by atoms with van der Waals surface area (Å²) < 4.78 is 13.5. The average molecular weight is 525 g/mol. The minimum Gasteiger partial charge on any atom is -0.480 e. The highest BCUT2D eigenvalue weighted by molar-refractivity contribution is 7.49. The molecule has 0 bridgehead atoms. The van der Waals surface area contributed by atoms with Crippen LogP contribution >= 0.6 is 7.75 Å². The number of likely N-dealkylation sites (tertiary alicyclic amines) is 2. The molecule has 0 spiro atoms. The van der Waals surface area contributed by atoms with Crippen molar-refractivity contribution in [3.05, 3.63) is 35.9 Å². The molecule has 3 atom stereocenters. The minimum absolute atomic E-state index is 0.0347. The predicted molar refractivity (Wildman–Crippen MR) is 133 cm³/mol. The third-order valence-electron chi connectivity index (χ3n) is 7.03. The van der Waals surface area contributed by atoms with E-state index in [-0.39, 0.29) is 19.5 Å². The van der Waals surface area contributed by atoms with Crippen LogP contribution in [0.2, 0.25) is 0 Å². The zero-order valence-electron chi connectivity index (χ0n) is 20.4. The van der Waals surface area contributed by atoms with Gasteiger partial charge in [0.1, 0.15) is 12.1 Å². The molecule has 1 aromatic rings. The van der Waals surface area contributed by atoms with Crippen molar-refractivity contribution < 1.29 is 33.8 Å². The standard InChI is InChI=1S/C24H37N4O7P/c25-14-5-4-10-20(28(36(33,34)35)17-13-18-8-2-1-3-9-18)23(30)26-15-6-11-19(26)22(29)27-16-7-12-21(27)24(31)32/h1-3,8-9,19-21H,4-7,10-17,25H2,(H,31,32)(H2,33,34,35)/t19-,20-,21-/m0/s1. The van der Waals surface area contributed by atoms with E-state index >= 15 is 0 Å². The minimum atomic E-state index is -4.82. The summed E-state index contributed by atoms with van der Waals surface area (Å²) in [6, 6.07) is 6.37. The van der Waals surface area contributed by atoms with Crippen LogP contribution in [0.15, 0.2) is 30.3 Å². The second-order valence-electron chi connectivity index (χ2n) is 9.43. The van der Waals surface area contributed by atoms with Gasteiger partial charge in [0, 0.05) is 19.6 Å². The van der Waals surface area contributed by atoms with E-state index in [2.05, 4.69) is 0 Å². The fraction of sp³-hybridized carbons (Fsp3) is 0.625. The zero-order valence-corrected chi connectivity index (χ0v) is 21.3. The first-order valence-corrected chi connectivity index (χ1v) is 14.1. The summed E-state index contributed by atoms with van der Waals surface area (Å²) in [6.07, 6.45) is 3.51. The second-order valence-corrected chi connectivity index (χ2v) is 11.0. The maximum Gasteiger partial charge on any atom is 0.403 e. The Labute approximate surface area is 211 Å². The first-order valence-electron chi connectivity index (χ1n) is 12.6. The van der Waals surface area contributed by atoms with Crippen LogP contribution in [0.5, 0.6) is 0 Å². The number of nitrogens with two attached hydrogens (primary N) is 1. The van der Waals surface area contributed by atoms with Crippen molar-refractivity contribution in [3.8, 4) is 0 Å². The number of carboxylic acid groups (broad SMARTS) is 1. The van der Waals surface area contributed by atoms with Crippen molar-refractivity contribution in [1.29, 1.82) is 0 Å². The number of carboxylic acids is 1. The number of amides is 2.